The van der Waals surface area contributed by atoms with Crippen LogP contribution in [0.1, 0.15) is 19.8 Å². The van der Waals surface area contributed by atoms with Gasteiger partial charge in [-0.25, -0.2) is 0 Å². The monoisotopic (exact) mass is 266 g/mol. The molecule has 2 rings (SSSR count). The average Bonchev–Trinajstić information content (AvgIpc) is 2.32. The molecule has 1 aromatic carbocycles. The third kappa shape index (κ3) is 4.00. The highest BCUT2D eigenvalue weighted by atomic mass is 35.5. The highest BCUT2D eigenvalue weighted by Crippen LogP contribution is 2.16. The molecule has 1 aromatic rings. The summed E-state index contributed by atoms with van der Waals surface area (Å²) in [5, 5.41) is 3.57. The number of carbonyl (C=O) groups is 1. The van der Waals surface area contributed by atoms with Crippen molar-refractivity contribution in [2.24, 2.45) is 5.92 Å². The lowest BCUT2D eigenvalue weighted by atomic mass is 10.0. The number of nitrogens with zero attached hydrogens (tertiary/aromatic N) is 1. The van der Waals surface area contributed by atoms with Gasteiger partial charge in [-0.1, -0.05) is 18.5 Å². The Kier molecular flexibility index (Phi) is 4.61. The second-order valence-electron chi connectivity index (χ2n) is 5.04. The summed E-state index contributed by atoms with van der Waals surface area (Å²) in [5.74, 6) is 0.744. The van der Waals surface area contributed by atoms with Crippen molar-refractivity contribution in [1.82, 2.24) is 4.90 Å². The van der Waals surface area contributed by atoms with Gasteiger partial charge in [0.1, 0.15) is 0 Å². The summed E-state index contributed by atoms with van der Waals surface area (Å²) in [5.41, 5.74) is 0.800. The highest BCUT2D eigenvalue weighted by molar-refractivity contribution is 6.30. The molecule has 0 saturated carbocycles. The second kappa shape index (κ2) is 6.21. The van der Waals surface area contributed by atoms with Gasteiger partial charge >= 0.3 is 0 Å². The summed E-state index contributed by atoms with van der Waals surface area (Å²) in [6.45, 7) is 4.77. The standard InChI is InChI=1S/C14H19ClN2O/c1-11-3-2-8-17(9-11)10-14(18)16-13-6-4-12(15)5-7-13/h4-7,11H,2-3,8-10H2,1H3,(H,16,18)/t11-/m1/s1. The summed E-state index contributed by atoms with van der Waals surface area (Å²) in [6, 6.07) is 7.19. The normalized spacial score (nSPS) is 20.7. The molecule has 4 heteroatoms. The lowest BCUT2D eigenvalue weighted by Gasteiger charge is -2.30. The molecule has 1 aliphatic heterocycles. The minimum absolute atomic E-state index is 0.0476. The molecule has 0 aromatic heterocycles. The lowest BCUT2D eigenvalue weighted by molar-refractivity contribution is -0.117. The van der Waals surface area contributed by atoms with E-state index in [2.05, 4.69) is 17.1 Å². The average molecular weight is 267 g/mol. The molecule has 1 fully saturated rings. The van der Waals surface area contributed by atoms with Crippen LogP contribution < -0.4 is 5.32 Å². The molecule has 1 aliphatic rings. The Hall–Kier alpha value is -1.06. The first-order valence-corrected chi connectivity index (χ1v) is 6.79. The van der Waals surface area contributed by atoms with Crippen molar-refractivity contribution in [2.45, 2.75) is 19.8 Å². The van der Waals surface area contributed by atoms with Crippen molar-refractivity contribution in [2.75, 3.05) is 25.0 Å². The van der Waals surface area contributed by atoms with E-state index in [1.807, 2.05) is 12.1 Å². The van der Waals surface area contributed by atoms with Crippen LogP contribution in [-0.2, 0) is 4.79 Å². The topological polar surface area (TPSA) is 32.3 Å². The number of rotatable bonds is 3. The number of carbonyl (C=O) groups excluding carboxylic acids is 1. The van der Waals surface area contributed by atoms with E-state index in [-0.39, 0.29) is 5.91 Å². The smallest absolute Gasteiger partial charge is 0.238 e. The number of halogens is 1. The van der Waals surface area contributed by atoms with Crippen LogP contribution in [0.4, 0.5) is 5.69 Å². The van der Waals surface area contributed by atoms with Gasteiger partial charge in [0.15, 0.2) is 0 Å². The summed E-state index contributed by atoms with van der Waals surface area (Å²) in [4.78, 5) is 14.1. The quantitative estimate of drug-likeness (QED) is 0.912. The zero-order valence-corrected chi connectivity index (χ0v) is 11.4. The number of nitrogens with one attached hydrogen (secondary N) is 1. The largest absolute Gasteiger partial charge is 0.325 e. The molecular weight excluding hydrogens is 248 g/mol. The molecule has 18 heavy (non-hydrogen) atoms. The fourth-order valence-corrected chi connectivity index (χ4v) is 2.49. The van der Waals surface area contributed by atoms with Crippen LogP contribution in [0.2, 0.25) is 5.02 Å². The summed E-state index contributed by atoms with van der Waals surface area (Å²) >= 11 is 5.80. The van der Waals surface area contributed by atoms with E-state index in [1.54, 1.807) is 12.1 Å². The number of hydrogen-bond acceptors (Lipinski definition) is 2. The van der Waals surface area contributed by atoms with Crippen LogP contribution in [-0.4, -0.2) is 30.4 Å². The van der Waals surface area contributed by atoms with Gasteiger partial charge in [0, 0.05) is 17.3 Å². The molecule has 1 saturated heterocycles. The van der Waals surface area contributed by atoms with Crippen LogP contribution in [0.15, 0.2) is 24.3 Å². The first-order valence-electron chi connectivity index (χ1n) is 6.41. The van der Waals surface area contributed by atoms with E-state index in [0.29, 0.717) is 17.5 Å². The van der Waals surface area contributed by atoms with Crippen LogP contribution in [0.25, 0.3) is 0 Å². The maximum Gasteiger partial charge on any atom is 0.238 e. The Balaban J connectivity index is 1.83. The van der Waals surface area contributed by atoms with Crippen LogP contribution in [0, 0.1) is 5.92 Å². The molecule has 1 atom stereocenters. The summed E-state index contributed by atoms with van der Waals surface area (Å²) in [7, 11) is 0. The molecular formula is C14H19ClN2O. The van der Waals surface area contributed by atoms with Gasteiger partial charge in [-0.3, -0.25) is 9.69 Å². The van der Waals surface area contributed by atoms with Crippen LogP contribution in [0.5, 0.6) is 0 Å². The molecule has 1 amide bonds. The number of hydrogen-bond donors (Lipinski definition) is 1. The van der Waals surface area contributed by atoms with Crippen molar-refractivity contribution in [1.29, 1.82) is 0 Å². The number of amides is 1. The Morgan fingerprint density at radius 1 is 1.44 bits per heavy atom. The molecule has 1 N–H and O–H groups in total. The zero-order chi connectivity index (χ0) is 13.0. The van der Waals surface area contributed by atoms with Gasteiger partial charge in [0.05, 0.1) is 6.54 Å². The summed E-state index contributed by atoms with van der Waals surface area (Å²) in [6.07, 6.45) is 2.46. The molecule has 98 valence electrons. The van der Waals surface area contributed by atoms with Gasteiger partial charge < -0.3 is 5.32 Å². The Bertz CT molecular complexity index is 405. The molecule has 0 spiro atoms. The fourth-order valence-electron chi connectivity index (χ4n) is 2.37. The molecule has 3 nitrogen and oxygen atoms in total. The predicted octanol–water partition coefficient (Wildman–Crippen LogP) is 3.01. The van der Waals surface area contributed by atoms with Crippen molar-refractivity contribution in [3.05, 3.63) is 29.3 Å². The van der Waals surface area contributed by atoms with E-state index in [1.165, 1.54) is 12.8 Å². The first-order chi connectivity index (χ1) is 8.63. The third-order valence-corrected chi connectivity index (χ3v) is 3.49. The number of anilines is 1. The molecule has 1 heterocycles. The predicted molar refractivity (Wildman–Crippen MR) is 74.9 cm³/mol. The van der Waals surface area contributed by atoms with Gasteiger partial charge in [-0.15, -0.1) is 0 Å². The van der Waals surface area contributed by atoms with Gasteiger partial charge in [0.2, 0.25) is 5.91 Å². The van der Waals surface area contributed by atoms with E-state index in [0.717, 1.165) is 18.8 Å². The highest BCUT2D eigenvalue weighted by Gasteiger charge is 2.18. The molecule has 0 radical (unpaired) electrons. The number of piperidine rings is 1. The Morgan fingerprint density at radius 2 is 2.17 bits per heavy atom. The summed E-state index contributed by atoms with van der Waals surface area (Å²) < 4.78 is 0. The number of likely N-dealkylation sites (tertiary alicyclic amines) is 1. The van der Waals surface area contributed by atoms with Gasteiger partial charge in [0.25, 0.3) is 0 Å². The van der Waals surface area contributed by atoms with E-state index >= 15 is 0 Å². The fraction of sp³-hybridized carbons (Fsp3) is 0.500. The Labute approximate surface area is 113 Å². The van der Waals surface area contributed by atoms with Gasteiger partial charge in [-0.2, -0.15) is 0 Å². The van der Waals surface area contributed by atoms with Crippen LogP contribution in [0.3, 0.4) is 0 Å². The minimum Gasteiger partial charge on any atom is -0.325 e. The zero-order valence-electron chi connectivity index (χ0n) is 10.7. The number of benzene rings is 1. The van der Waals surface area contributed by atoms with E-state index in [9.17, 15) is 4.79 Å². The van der Waals surface area contributed by atoms with E-state index in [4.69, 9.17) is 11.6 Å². The lowest BCUT2D eigenvalue weighted by Crippen LogP contribution is -2.39. The second-order valence-corrected chi connectivity index (χ2v) is 5.47. The van der Waals surface area contributed by atoms with Crippen LogP contribution >= 0.6 is 11.6 Å². The SMILES string of the molecule is C[C@@H]1CCCN(CC(=O)Nc2ccc(Cl)cc2)C1. The third-order valence-electron chi connectivity index (χ3n) is 3.24. The van der Waals surface area contributed by atoms with E-state index < -0.39 is 0 Å². The minimum atomic E-state index is 0.0476. The van der Waals surface area contributed by atoms with Crippen molar-refractivity contribution >= 4 is 23.2 Å². The molecule has 0 bridgehead atoms. The maximum atomic E-state index is 11.9. The van der Waals surface area contributed by atoms with Crippen molar-refractivity contribution in [3.63, 3.8) is 0 Å². The van der Waals surface area contributed by atoms with Crippen molar-refractivity contribution < 1.29 is 4.79 Å². The Morgan fingerprint density at radius 3 is 2.83 bits per heavy atom. The molecule has 0 aliphatic carbocycles. The first kappa shape index (κ1) is 13.4. The van der Waals surface area contributed by atoms with Gasteiger partial charge in [-0.05, 0) is 49.6 Å². The molecule has 0 unspecified atom stereocenters. The van der Waals surface area contributed by atoms with Crippen molar-refractivity contribution in [3.8, 4) is 0 Å². The maximum absolute atomic E-state index is 11.9.